The first-order valence-electron chi connectivity index (χ1n) is 8.14. The lowest BCUT2D eigenvalue weighted by Gasteiger charge is -2.19. The number of ether oxygens (including phenoxy) is 2. The lowest BCUT2D eigenvalue weighted by molar-refractivity contribution is -0.122. The number of hydrogen-bond donors (Lipinski definition) is 1. The molecule has 2 aromatic rings. The van der Waals surface area contributed by atoms with Gasteiger partial charge in [0.2, 0.25) is 0 Å². The Kier molecular flexibility index (Phi) is 5.85. The van der Waals surface area contributed by atoms with Crippen molar-refractivity contribution in [3.8, 4) is 11.5 Å². The Morgan fingerprint density at radius 2 is 1.83 bits per heavy atom. The highest BCUT2D eigenvalue weighted by Gasteiger charge is 2.20. The standard InChI is InChI=1S/C20H25NO3/c1-6-18(24-16-9-8-14(3)15(4)12-16)20(22)21-17-11-13(2)7-10-19(17)23-5/h7-12,18H,6H2,1-5H3,(H,21,22). The van der Waals surface area contributed by atoms with Crippen molar-refractivity contribution in [1.82, 2.24) is 0 Å². The number of nitrogens with one attached hydrogen (secondary N) is 1. The summed E-state index contributed by atoms with van der Waals surface area (Å²) in [5.74, 6) is 1.16. The fourth-order valence-corrected chi connectivity index (χ4v) is 2.41. The van der Waals surface area contributed by atoms with E-state index in [9.17, 15) is 4.79 Å². The van der Waals surface area contributed by atoms with Gasteiger partial charge in [-0.2, -0.15) is 0 Å². The highest BCUT2D eigenvalue weighted by molar-refractivity contribution is 5.95. The third kappa shape index (κ3) is 4.28. The average Bonchev–Trinajstić information content (AvgIpc) is 2.56. The van der Waals surface area contributed by atoms with Crippen molar-refractivity contribution >= 4 is 11.6 Å². The van der Waals surface area contributed by atoms with Gasteiger partial charge in [-0.15, -0.1) is 0 Å². The SMILES string of the molecule is CCC(Oc1ccc(C)c(C)c1)C(=O)Nc1cc(C)ccc1OC. The molecule has 0 heterocycles. The molecule has 128 valence electrons. The number of aryl methyl sites for hydroxylation is 3. The minimum absolute atomic E-state index is 0.181. The summed E-state index contributed by atoms with van der Waals surface area (Å²) in [6, 6.07) is 11.5. The van der Waals surface area contributed by atoms with E-state index in [1.807, 2.05) is 64.1 Å². The van der Waals surface area contributed by atoms with Crippen LogP contribution >= 0.6 is 0 Å². The highest BCUT2D eigenvalue weighted by atomic mass is 16.5. The van der Waals surface area contributed by atoms with Gasteiger partial charge in [-0.05, 0) is 68.1 Å². The third-order valence-corrected chi connectivity index (χ3v) is 4.03. The van der Waals surface area contributed by atoms with Crippen LogP contribution in [0.2, 0.25) is 0 Å². The van der Waals surface area contributed by atoms with Gasteiger partial charge >= 0.3 is 0 Å². The van der Waals surface area contributed by atoms with E-state index in [1.165, 1.54) is 5.56 Å². The quantitative estimate of drug-likeness (QED) is 0.854. The minimum atomic E-state index is -0.558. The van der Waals surface area contributed by atoms with Crippen LogP contribution < -0.4 is 14.8 Å². The van der Waals surface area contributed by atoms with Crippen molar-refractivity contribution in [3.05, 3.63) is 53.1 Å². The van der Waals surface area contributed by atoms with Crippen molar-refractivity contribution in [3.63, 3.8) is 0 Å². The Bertz CT molecular complexity index is 725. The number of rotatable bonds is 6. The first kappa shape index (κ1) is 17.9. The second-order valence-electron chi connectivity index (χ2n) is 5.95. The molecule has 4 nitrogen and oxygen atoms in total. The molecule has 24 heavy (non-hydrogen) atoms. The summed E-state index contributed by atoms with van der Waals surface area (Å²) < 4.78 is 11.2. The molecule has 0 radical (unpaired) electrons. The summed E-state index contributed by atoms with van der Waals surface area (Å²) in [7, 11) is 1.59. The predicted molar refractivity (Wildman–Crippen MR) is 97.0 cm³/mol. The number of hydrogen-bond acceptors (Lipinski definition) is 3. The number of anilines is 1. The molecule has 1 amide bonds. The summed E-state index contributed by atoms with van der Waals surface area (Å²) in [6.45, 7) is 7.98. The topological polar surface area (TPSA) is 47.6 Å². The smallest absolute Gasteiger partial charge is 0.265 e. The maximum Gasteiger partial charge on any atom is 0.265 e. The van der Waals surface area contributed by atoms with Crippen LogP contribution in [0, 0.1) is 20.8 Å². The Balaban J connectivity index is 2.14. The Hall–Kier alpha value is -2.49. The van der Waals surface area contributed by atoms with E-state index >= 15 is 0 Å². The van der Waals surface area contributed by atoms with Gasteiger partial charge in [0, 0.05) is 0 Å². The zero-order valence-corrected chi connectivity index (χ0v) is 15.0. The van der Waals surface area contributed by atoms with Crippen molar-refractivity contribution < 1.29 is 14.3 Å². The Morgan fingerprint density at radius 3 is 2.46 bits per heavy atom. The molecule has 1 atom stereocenters. The maximum atomic E-state index is 12.6. The maximum absolute atomic E-state index is 12.6. The van der Waals surface area contributed by atoms with Crippen molar-refractivity contribution in [1.29, 1.82) is 0 Å². The van der Waals surface area contributed by atoms with Crippen LogP contribution in [0.1, 0.15) is 30.0 Å². The molecule has 0 aliphatic carbocycles. The van der Waals surface area contributed by atoms with E-state index in [4.69, 9.17) is 9.47 Å². The molecule has 0 bridgehead atoms. The van der Waals surface area contributed by atoms with Crippen LogP contribution in [0.5, 0.6) is 11.5 Å². The summed E-state index contributed by atoms with van der Waals surface area (Å²) in [4.78, 5) is 12.6. The fraction of sp³-hybridized carbons (Fsp3) is 0.350. The van der Waals surface area contributed by atoms with Crippen molar-refractivity contribution in [2.75, 3.05) is 12.4 Å². The van der Waals surface area contributed by atoms with Gasteiger partial charge in [-0.25, -0.2) is 0 Å². The van der Waals surface area contributed by atoms with E-state index in [0.29, 0.717) is 23.6 Å². The first-order chi connectivity index (χ1) is 11.4. The zero-order chi connectivity index (χ0) is 17.7. The van der Waals surface area contributed by atoms with Gasteiger partial charge in [0.05, 0.1) is 12.8 Å². The summed E-state index contributed by atoms with van der Waals surface area (Å²) in [5, 5.41) is 2.91. The number of amides is 1. The minimum Gasteiger partial charge on any atom is -0.495 e. The molecule has 0 fully saturated rings. The number of methoxy groups -OCH3 is 1. The first-order valence-corrected chi connectivity index (χ1v) is 8.14. The van der Waals surface area contributed by atoms with Gasteiger partial charge in [0.1, 0.15) is 11.5 Å². The molecule has 1 unspecified atom stereocenters. The second-order valence-corrected chi connectivity index (χ2v) is 5.95. The summed E-state index contributed by atoms with van der Waals surface area (Å²) >= 11 is 0. The largest absolute Gasteiger partial charge is 0.495 e. The molecular formula is C20H25NO3. The van der Waals surface area contributed by atoms with Gasteiger partial charge in [-0.1, -0.05) is 19.1 Å². The molecule has 0 saturated heterocycles. The van der Waals surface area contributed by atoms with E-state index in [2.05, 4.69) is 5.32 Å². The number of benzene rings is 2. The van der Waals surface area contributed by atoms with E-state index in [0.717, 1.165) is 11.1 Å². The van der Waals surface area contributed by atoms with Crippen molar-refractivity contribution in [2.45, 2.75) is 40.2 Å². The second kappa shape index (κ2) is 7.86. The summed E-state index contributed by atoms with van der Waals surface area (Å²) in [6.07, 6.45) is 0.0182. The molecule has 0 aliphatic heterocycles. The molecule has 0 aromatic heterocycles. The lowest BCUT2D eigenvalue weighted by atomic mass is 10.1. The van der Waals surface area contributed by atoms with Gasteiger partial charge < -0.3 is 14.8 Å². The number of carbonyl (C=O) groups excluding carboxylic acids is 1. The molecule has 1 N–H and O–H groups in total. The van der Waals surface area contributed by atoms with E-state index in [1.54, 1.807) is 7.11 Å². The molecule has 0 spiro atoms. The summed E-state index contributed by atoms with van der Waals surface area (Å²) in [5.41, 5.74) is 4.05. The van der Waals surface area contributed by atoms with Crippen LogP contribution in [0.15, 0.2) is 36.4 Å². The Morgan fingerprint density at radius 1 is 1.08 bits per heavy atom. The predicted octanol–water partition coefficient (Wildman–Crippen LogP) is 4.42. The molecule has 0 aliphatic rings. The van der Waals surface area contributed by atoms with Crippen LogP contribution in [0.4, 0.5) is 5.69 Å². The van der Waals surface area contributed by atoms with Crippen LogP contribution in [-0.4, -0.2) is 19.1 Å². The van der Waals surface area contributed by atoms with Gasteiger partial charge in [0.25, 0.3) is 5.91 Å². The van der Waals surface area contributed by atoms with E-state index in [-0.39, 0.29) is 5.91 Å². The number of carbonyl (C=O) groups is 1. The molecule has 2 aromatic carbocycles. The molecule has 0 saturated carbocycles. The normalized spacial score (nSPS) is 11.7. The average molecular weight is 327 g/mol. The molecule has 2 rings (SSSR count). The Labute approximate surface area is 143 Å². The lowest BCUT2D eigenvalue weighted by Crippen LogP contribution is -2.32. The molecular weight excluding hydrogens is 302 g/mol. The van der Waals surface area contributed by atoms with Crippen LogP contribution in [-0.2, 0) is 4.79 Å². The van der Waals surface area contributed by atoms with Crippen LogP contribution in [0.3, 0.4) is 0 Å². The zero-order valence-electron chi connectivity index (χ0n) is 15.0. The van der Waals surface area contributed by atoms with Crippen LogP contribution in [0.25, 0.3) is 0 Å². The monoisotopic (exact) mass is 327 g/mol. The van der Waals surface area contributed by atoms with E-state index < -0.39 is 6.10 Å². The highest BCUT2D eigenvalue weighted by Crippen LogP contribution is 2.26. The third-order valence-electron chi connectivity index (χ3n) is 4.03. The van der Waals surface area contributed by atoms with Crippen molar-refractivity contribution in [2.24, 2.45) is 0 Å². The fourth-order valence-electron chi connectivity index (χ4n) is 2.41. The van der Waals surface area contributed by atoms with Gasteiger partial charge in [0.15, 0.2) is 6.10 Å². The molecule has 4 heteroatoms. The van der Waals surface area contributed by atoms with Gasteiger partial charge in [-0.3, -0.25) is 4.79 Å².